The Bertz CT molecular complexity index is 551. The summed E-state index contributed by atoms with van der Waals surface area (Å²) in [6.07, 6.45) is -2.98. The Balaban J connectivity index is 2.81. The first kappa shape index (κ1) is 11.0. The first-order valence-corrected chi connectivity index (χ1v) is 4.63. The minimum atomic E-state index is -4.65. The fourth-order valence-corrected chi connectivity index (χ4v) is 1.82. The van der Waals surface area contributed by atoms with E-state index in [4.69, 9.17) is 0 Å². The van der Waals surface area contributed by atoms with Gasteiger partial charge in [-0.1, -0.05) is 0 Å². The van der Waals surface area contributed by atoms with Crippen LogP contribution in [0.5, 0.6) is 0 Å². The maximum atomic E-state index is 13.3. The third kappa shape index (κ3) is 1.56. The molecular formula is C11H9F4N. The lowest BCUT2D eigenvalue weighted by Gasteiger charge is -2.08. The summed E-state index contributed by atoms with van der Waals surface area (Å²) in [5.74, 6) is -1.24. The van der Waals surface area contributed by atoms with Crippen molar-refractivity contribution in [3.05, 3.63) is 35.3 Å². The summed E-state index contributed by atoms with van der Waals surface area (Å²) in [5.41, 5.74) is -0.0553. The molecule has 86 valence electrons. The van der Waals surface area contributed by atoms with E-state index in [0.717, 1.165) is 12.1 Å². The van der Waals surface area contributed by atoms with E-state index in [1.165, 1.54) is 0 Å². The number of aromatic nitrogens is 1. The second kappa shape index (κ2) is 3.23. The molecule has 2 rings (SSSR count). The summed E-state index contributed by atoms with van der Waals surface area (Å²) < 4.78 is 52.3. The van der Waals surface area contributed by atoms with E-state index in [-0.39, 0.29) is 0 Å². The number of benzene rings is 1. The zero-order chi connectivity index (χ0) is 12.1. The molecule has 0 radical (unpaired) electrons. The number of hydrogen-bond donors (Lipinski definition) is 0. The SMILES string of the molecule is Cc1cn(C)c2cc(F)c(C(F)(F)F)cc12. The Morgan fingerprint density at radius 1 is 1.19 bits per heavy atom. The van der Waals surface area contributed by atoms with Crippen LogP contribution in [-0.2, 0) is 13.2 Å². The van der Waals surface area contributed by atoms with E-state index in [2.05, 4.69) is 0 Å². The molecule has 0 spiro atoms. The van der Waals surface area contributed by atoms with E-state index in [1.807, 2.05) is 0 Å². The van der Waals surface area contributed by atoms with Gasteiger partial charge in [-0.3, -0.25) is 0 Å². The standard InChI is InChI=1S/C11H9F4N/c1-6-5-16(2)10-4-9(12)8(3-7(6)10)11(13,14)15/h3-5H,1-2H3. The Labute approximate surface area is 89.3 Å². The molecule has 0 aliphatic rings. The Hall–Kier alpha value is -1.52. The van der Waals surface area contributed by atoms with Gasteiger partial charge < -0.3 is 4.57 Å². The molecule has 0 unspecified atom stereocenters. The lowest BCUT2D eigenvalue weighted by Crippen LogP contribution is -2.08. The van der Waals surface area contributed by atoms with Gasteiger partial charge >= 0.3 is 6.18 Å². The summed E-state index contributed by atoms with van der Waals surface area (Å²) in [6, 6.07) is 1.78. The Morgan fingerprint density at radius 2 is 1.81 bits per heavy atom. The molecule has 0 aliphatic carbocycles. The molecule has 1 heterocycles. The predicted molar refractivity (Wildman–Crippen MR) is 52.6 cm³/mol. The van der Waals surface area contributed by atoms with Crippen LogP contribution in [0.4, 0.5) is 17.6 Å². The topological polar surface area (TPSA) is 4.93 Å². The van der Waals surface area contributed by atoms with Gasteiger partial charge in [0.1, 0.15) is 5.82 Å². The first-order valence-electron chi connectivity index (χ1n) is 4.63. The van der Waals surface area contributed by atoms with Crippen molar-refractivity contribution in [2.45, 2.75) is 13.1 Å². The van der Waals surface area contributed by atoms with Crippen molar-refractivity contribution in [1.29, 1.82) is 0 Å². The number of hydrogen-bond acceptors (Lipinski definition) is 0. The number of halogens is 4. The van der Waals surface area contributed by atoms with Crippen LogP contribution < -0.4 is 0 Å². The molecule has 0 bridgehead atoms. The Kier molecular flexibility index (Phi) is 2.22. The van der Waals surface area contributed by atoms with Crippen LogP contribution >= 0.6 is 0 Å². The third-order valence-corrected chi connectivity index (χ3v) is 2.58. The maximum absolute atomic E-state index is 13.3. The molecule has 16 heavy (non-hydrogen) atoms. The second-order valence-electron chi connectivity index (χ2n) is 3.77. The molecule has 0 N–H and O–H groups in total. The van der Waals surface area contributed by atoms with Crippen molar-refractivity contribution in [3.8, 4) is 0 Å². The highest BCUT2D eigenvalue weighted by Crippen LogP contribution is 2.34. The minimum absolute atomic E-state index is 0.427. The zero-order valence-electron chi connectivity index (χ0n) is 8.69. The van der Waals surface area contributed by atoms with E-state index in [0.29, 0.717) is 16.5 Å². The maximum Gasteiger partial charge on any atom is 0.419 e. The minimum Gasteiger partial charge on any atom is -0.350 e. The molecule has 0 saturated heterocycles. The number of aryl methyl sites for hydroxylation is 2. The smallest absolute Gasteiger partial charge is 0.350 e. The van der Waals surface area contributed by atoms with Crippen LogP contribution in [0.15, 0.2) is 18.3 Å². The van der Waals surface area contributed by atoms with E-state index < -0.39 is 17.6 Å². The third-order valence-electron chi connectivity index (χ3n) is 2.58. The molecule has 0 saturated carbocycles. The fourth-order valence-electron chi connectivity index (χ4n) is 1.82. The molecule has 2 aromatic rings. The molecule has 1 aromatic carbocycles. The van der Waals surface area contributed by atoms with Crippen molar-refractivity contribution in [2.24, 2.45) is 7.05 Å². The number of nitrogens with zero attached hydrogens (tertiary/aromatic N) is 1. The molecule has 0 aliphatic heterocycles. The monoisotopic (exact) mass is 231 g/mol. The molecule has 1 aromatic heterocycles. The molecule has 0 amide bonds. The fraction of sp³-hybridized carbons (Fsp3) is 0.273. The summed E-state index contributed by atoms with van der Waals surface area (Å²) in [5, 5.41) is 0.427. The van der Waals surface area contributed by atoms with Gasteiger partial charge in [0.15, 0.2) is 0 Å². The van der Waals surface area contributed by atoms with Crippen LogP contribution in [0.1, 0.15) is 11.1 Å². The van der Waals surface area contributed by atoms with Crippen molar-refractivity contribution in [3.63, 3.8) is 0 Å². The second-order valence-corrected chi connectivity index (χ2v) is 3.77. The number of rotatable bonds is 0. The highest BCUT2D eigenvalue weighted by molar-refractivity contribution is 5.84. The van der Waals surface area contributed by atoms with Gasteiger partial charge in [0, 0.05) is 18.6 Å². The van der Waals surface area contributed by atoms with Crippen molar-refractivity contribution < 1.29 is 17.6 Å². The van der Waals surface area contributed by atoms with Crippen LogP contribution in [-0.4, -0.2) is 4.57 Å². The lowest BCUT2D eigenvalue weighted by atomic mass is 10.1. The summed E-state index contributed by atoms with van der Waals surface area (Å²) in [4.78, 5) is 0. The first-order chi connectivity index (χ1) is 7.30. The van der Waals surface area contributed by atoms with E-state index in [9.17, 15) is 17.6 Å². The molecule has 0 fully saturated rings. The largest absolute Gasteiger partial charge is 0.419 e. The van der Waals surface area contributed by atoms with Gasteiger partial charge in [0.25, 0.3) is 0 Å². The average molecular weight is 231 g/mol. The lowest BCUT2D eigenvalue weighted by molar-refractivity contribution is -0.139. The van der Waals surface area contributed by atoms with Crippen molar-refractivity contribution >= 4 is 10.9 Å². The molecule has 1 nitrogen and oxygen atoms in total. The number of alkyl halides is 3. The highest BCUT2D eigenvalue weighted by Gasteiger charge is 2.34. The number of fused-ring (bicyclic) bond motifs is 1. The van der Waals surface area contributed by atoms with E-state index >= 15 is 0 Å². The average Bonchev–Trinajstić information content (AvgIpc) is 2.39. The van der Waals surface area contributed by atoms with Gasteiger partial charge in [0.05, 0.1) is 11.1 Å². The van der Waals surface area contributed by atoms with Crippen LogP contribution in [0.25, 0.3) is 10.9 Å². The molecular weight excluding hydrogens is 222 g/mol. The van der Waals surface area contributed by atoms with Gasteiger partial charge in [-0.05, 0) is 24.6 Å². The van der Waals surface area contributed by atoms with Crippen LogP contribution in [0.3, 0.4) is 0 Å². The molecule has 0 atom stereocenters. The normalized spacial score (nSPS) is 12.4. The highest BCUT2D eigenvalue weighted by atomic mass is 19.4. The van der Waals surface area contributed by atoms with Gasteiger partial charge in [-0.2, -0.15) is 13.2 Å². The predicted octanol–water partition coefficient (Wildman–Crippen LogP) is 3.64. The summed E-state index contributed by atoms with van der Waals surface area (Å²) in [6.45, 7) is 1.69. The van der Waals surface area contributed by atoms with Crippen LogP contribution in [0, 0.1) is 12.7 Å². The van der Waals surface area contributed by atoms with E-state index in [1.54, 1.807) is 24.7 Å². The Morgan fingerprint density at radius 3 is 2.38 bits per heavy atom. The van der Waals surface area contributed by atoms with Crippen LogP contribution in [0.2, 0.25) is 0 Å². The van der Waals surface area contributed by atoms with Gasteiger partial charge in [-0.15, -0.1) is 0 Å². The summed E-state index contributed by atoms with van der Waals surface area (Å²) >= 11 is 0. The zero-order valence-corrected chi connectivity index (χ0v) is 8.69. The van der Waals surface area contributed by atoms with Gasteiger partial charge in [0.2, 0.25) is 0 Å². The van der Waals surface area contributed by atoms with Gasteiger partial charge in [-0.25, -0.2) is 4.39 Å². The van der Waals surface area contributed by atoms with Crippen molar-refractivity contribution in [1.82, 2.24) is 4.57 Å². The quantitative estimate of drug-likeness (QED) is 0.610. The molecule has 5 heteroatoms. The van der Waals surface area contributed by atoms with Crippen molar-refractivity contribution in [2.75, 3.05) is 0 Å². The summed E-state index contributed by atoms with van der Waals surface area (Å²) in [7, 11) is 1.67.